The van der Waals surface area contributed by atoms with Crippen LogP contribution in [0.3, 0.4) is 0 Å². The fourth-order valence-corrected chi connectivity index (χ4v) is 2.70. The largest absolute Gasteiger partial charge is 0.392 e. The molecule has 96 valence electrons. The minimum absolute atomic E-state index is 0.0656. The molecule has 1 heterocycles. The van der Waals surface area contributed by atoms with Gasteiger partial charge in [-0.3, -0.25) is 9.59 Å². The molecular weight excluding hydrogens is 242 g/mol. The summed E-state index contributed by atoms with van der Waals surface area (Å²) in [5.41, 5.74) is 10.6. The summed E-state index contributed by atoms with van der Waals surface area (Å²) in [6.07, 6.45) is 0. The fourth-order valence-electron chi connectivity index (χ4n) is 1.47. The lowest BCUT2D eigenvalue weighted by Crippen LogP contribution is -2.33. The molecule has 0 radical (unpaired) electrons. The first-order valence-electron chi connectivity index (χ1n) is 5.38. The summed E-state index contributed by atoms with van der Waals surface area (Å²) in [5.74, 6) is -0.805. The van der Waals surface area contributed by atoms with E-state index in [0.717, 1.165) is 0 Å². The number of rotatable bonds is 5. The number of ether oxygens (including phenoxy) is 1. The van der Waals surface area contributed by atoms with Gasteiger partial charge in [-0.05, 0) is 13.8 Å². The van der Waals surface area contributed by atoms with Crippen LogP contribution in [0.25, 0.3) is 0 Å². The average Bonchev–Trinajstić information content (AvgIpc) is 2.62. The summed E-state index contributed by atoms with van der Waals surface area (Å²) in [6, 6.07) is 0. The second-order valence-corrected chi connectivity index (χ2v) is 4.62. The predicted molar refractivity (Wildman–Crippen MR) is 65.7 cm³/mol. The first-order valence-corrected chi connectivity index (χ1v) is 6.26. The molecule has 0 saturated carbocycles. The third-order valence-corrected chi connectivity index (χ3v) is 3.61. The summed E-state index contributed by atoms with van der Waals surface area (Å²) in [5, 5.41) is 0.0949. The van der Waals surface area contributed by atoms with Crippen LogP contribution in [0.1, 0.15) is 13.8 Å². The topological polar surface area (TPSA) is 98.7 Å². The second-order valence-electron chi connectivity index (χ2n) is 3.43. The average molecular weight is 259 g/mol. The van der Waals surface area contributed by atoms with Crippen LogP contribution < -0.4 is 11.5 Å². The Balaban J connectivity index is 2.91. The Morgan fingerprint density at radius 2 is 2.12 bits per heavy atom. The highest BCUT2D eigenvalue weighted by Crippen LogP contribution is 2.36. The molecule has 0 aromatic heterocycles. The minimum Gasteiger partial charge on any atom is -0.392 e. The zero-order valence-corrected chi connectivity index (χ0v) is 10.8. The molecule has 0 spiro atoms. The van der Waals surface area contributed by atoms with Gasteiger partial charge in [-0.25, -0.2) is 0 Å². The number of nitrogens with two attached hydrogens (primary N) is 2. The molecule has 1 rings (SSSR count). The monoisotopic (exact) mass is 259 g/mol. The van der Waals surface area contributed by atoms with E-state index in [-0.39, 0.29) is 16.9 Å². The van der Waals surface area contributed by atoms with Crippen LogP contribution in [0.15, 0.2) is 10.7 Å². The van der Waals surface area contributed by atoms with Crippen LogP contribution in [-0.4, -0.2) is 41.7 Å². The van der Waals surface area contributed by atoms with E-state index in [9.17, 15) is 9.59 Å². The zero-order chi connectivity index (χ0) is 13.0. The molecule has 0 unspecified atom stereocenters. The molecule has 2 amide bonds. The Morgan fingerprint density at radius 3 is 2.59 bits per heavy atom. The van der Waals surface area contributed by atoms with E-state index in [1.807, 2.05) is 13.8 Å². The highest BCUT2D eigenvalue weighted by Gasteiger charge is 2.37. The van der Waals surface area contributed by atoms with E-state index < -0.39 is 5.91 Å². The number of hydrogen-bond acceptors (Lipinski definition) is 5. The van der Waals surface area contributed by atoms with Crippen molar-refractivity contribution in [3.63, 3.8) is 0 Å². The van der Waals surface area contributed by atoms with Gasteiger partial charge in [0.2, 0.25) is 5.91 Å². The quantitative estimate of drug-likeness (QED) is 0.655. The van der Waals surface area contributed by atoms with Gasteiger partial charge in [0.05, 0.1) is 6.61 Å². The lowest BCUT2D eigenvalue weighted by atomic mass is 10.3. The lowest BCUT2D eigenvalue weighted by molar-refractivity contribution is -0.128. The summed E-state index contributed by atoms with van der Waals surface area (Å²) < 4.78 is 5.22. The predicted octanol–water partition coefficient (Wildman–Crippen LogP) is -0.400. The smallest absolute Gasteiger partial charge is 0.267 e. The van der Waals surface area contributed by atoms with Gasteiger partial charge in [0, 0.05) is 13.2 Å². The maximum absolute atomic E-state index is 12.0. The molecule has 0 aliphatic carbocycles. The molecule has 1 atom stereocenters. The number of primary amides is 1. The van der Waals surface area contributed by atoms with Crippen LogP contribution in [0.5, 0.6) is 0 Å². The lowest BCUT2D eigenvalue weighted by Gasteiger charge is -2.15. The summed E-state index contributed by atoms with van der Waals surface area (Å²) >= 11 is 1.23. The number of nitrogens with zero attached hydrogens (tertiary/aromatic N) is 1. The van der Waals surface area contributed by atoms with E-state index in [4.69, 9.17) is 16.2 Å². The normalized spacial score (nSPS) is 23.1. The first kappa shape index (κ1) is 13.9. The van der Waals surface area contributed by atoms with Gasteiger partial charge in [0.15, 0.2) is 0 Å². The molecule has 7 heteroatoms. The summed E-state index contributed by atoms with van der Waals surface area (Å²) in [7, 11) is 0. The molecule has 0 aromatic carbocycles. The highest BCUT2D eigenvalue weighted by molar-refractivity contribution is 8.04. The van der Waals surface area contributed by atoms with E-state index in [1.54, 1.807) is 0 Å². The first-order chi connectivity index (χ1) is 8.02. The number of carbonyl (C=O) groups is 2. The van der Waals surface area contributed by atoms with Crippen molar-refractivity contribution in [1.82, 2.24) is 4.90 Å². The van der Waals surface area contributed by atoms with Crippen LogP contribution in [0.2, 0.25) is 0 Å². The maximum atomic E-state index is 12.0. The van der Waals surface area contributed by atoms with Crippen molar-refractivity contribution in [2.45, 2.75) is 19.1 Å². The molecule has 6 nitrogen and oxygen atoms in total. The molecule has 17 heavy (non-hydrogen) atoms. The Labute approximate surface area is 104 Å². The number of thioether (sulfide) groups is 1. The fraction of sp³-hybridized carbons (Fsp3) is 0.600. The molecular formula is C10H17N3O3S. The Kier molecular flexibility index (Phi) is 4.83. The number of amides is 2. The van der Waals surface area contributed by atoms with E-state index in [2.05, 4.69) is 0 Å². The Bertz CT molecular complexity index is 357. The van der Waals surface area contributed by atoms with Crippen molar-refractivity contribution in [3.8, 4) is 0 Å². The van der Waals surface area contributed by atoms with Gasteiger partial charge < -0.3 is 21.1 Å². The molecule has 0 bridgehead atoms. The molecule has 1 saturated heterocycles. The van der Waals surface area contributed by atoms with Crippen molar-refractivity contribution in [3.05, 3.63) is 10.7 Å². The van der Waals surface area contributed by atoms with Crippen LogP contribution in [0.4, 0.5) is 0 Å². The zero-order valence-electron chi connectivity index (χ0n) is 9.93. The summed E-state index contributed by atoms with van der Waals surface area (Å²) in [4.78, 5) is 24.5. The van der Waals surface area contributed by atoms with Crippen molar-refractivity contribution >= 4 is 23.6 Å². The molecule has 1 aliphatic heterocycles. The Hall–Kier alpha value is -1.21. The van der Waals surface area contributed by atoms with Crippen molar-refractivity contribution in [1.29, 1.82) is 0 Å². The third kappa shape index (κ3) is 2.92. The Morgan fingerprint density at radius 1 is 1.47 bits per heavy atom. The van der Waals surface area contributed by atoms with Crippen LogP contribution >= 0.6 is 11.8 Å². The highest BCUT2D eigenvalue weighted by atomic mass is 32.2. The number of hydrogen-bond donors (Lipinski definition) is 2. The second kappa shape index (κ2) is 5.92. The van der Waals surface area contributed by atoms with Crippen molar-refractivity contribution in [2.24, 2.45) is 11.5 Å². The van der Waals surface area contributed by atoms with Gasteiger partial charge in [-0.2, -0.15) is 0 Å². The van der Waals surface area contributed by atoms with Gasteiger partial charge in [0.1, 0.15) is 16.0 Å². The van der Waals surface area contributed by atoms with E-state index >= 15 is 0 Å². The standard InChI is InChI=1S/C10H17N3O3S/c1-3-13-9(15)6(5-16-4-2)17-10(13)7(11)8(12)14/h6H,3-5,11H2,1-2H3,(H2,12,14)/b10-7+/t6-/m1/s1. The van der Waals surface area contributed by atoms with Gasteiger partial charge in [-0.15, -0.1) is 0 Å². The third-order valence-electron chi connectivity index (χ3n) is 2.33. The number of carbonyl (C=O) groups excluding carboxylic acids is 2. The molecule has 1 fully saturated rings. The minimum atomic E-state index is -0.712. The van der Waals surface area contributed by atoms with Crippen molar-refractivity contribution in [2.75, 3.05) is 19.8 Å². The van der Waals surface area contributed by atoms with Gasteiger partial charge in [0.25, 0.3) is 5.91 Å². The maximum Gasteiger partial charge on any atom is 0.267 e. The van der Waals surface area contributed by atoms with Crippen LogP contribution in [0, 0.1) is 0 Å². The molecule has 4 N–H and O–H groups in total. The van der Waals surface area contributed by atoms with Crippen molar-refractivity contribution < 1.29 is 14.3 Å². The van der Waals surface area contributed by atoms with E-state index in [0.29, 0.717) is 24.8 Å². The SMILES string of the molecule is CCOC[C@H]1S/C(=C(/N)C(N)=O)N(CC)C1=O. The summed E-state index contributed by atoms with van der Waals surface area (Å²) in [6.45, 7) is 4.98. The van der Waals surface area contributed by atoms with Gasteiger partial charge in [-0.1, -0.05) is 11.8 Å². The van der Waals surface area contributed by atoms with Gasteiger partial charge >= 0.3 is 0 Å². The molecule has 1 aliphatic rings. The van der Waals surface area contributed by atoms with Crippen LogP contribution in [-0.2, 0) is 14.3 Å². The van der Waals surface area contributed by atoms with E-state index in [1.165, 1.54) is 16.7 Å². The molecule has 0 aromatic rings.